The summed E-state index contributed by atoms with van der Waals surface area (Å²) in [5, 5.41) is 0. The standard InChI is InChI=1S/C12H12BrF3/c1-9(13)4-2-5-10-6-3-7-11(8-10)12(14,15)16/h3,6-8H,1-2,4-5H2. The number of aryl methyl sites for hydroxylation is 1. The minimum atomic E-state index is -4.25. The summed E-state index contributed by atoms with van der Waals surface area (Å²) in [6, 6.07) is 5.46. The Kier molecular flexibility index (Phi) is 4.59. The highest BCUT2D eigenvalue weighted by molar-refractivity contribution is 9.11. The second-order valence-corrected chi connectivity index (χ2v) is 4.69. The average Bonchev–Trinajstić information content (AvgIpc) is 2.16. The van der Waals surface area contributed by atoms with Crippen LogP contribution in [0, 0.1) is 0 Å². The van der Waals surface area contributed by atoms with Gasteiger partial charge >= 0.3 is 6.18 Å². The van der Waals surface area contributed by atoms with E-state index < -0.39 is 11.7 Å². The zero-order chi connectivity index (χ0) is 12.2. The van der Waals surface area contributed by atoms with Gasteiger partial charge < -0.3 is 0 Å². The van der Waals surface area contributed by atoms with Gasteiger partial charge in [-0.3, -0.25) is 0 Å². The molecule has 88 valence electrons. The molecule has 0 aliphatic heterocycles. The SMILES string of the molecule is C=C(Br)CCCc1cccc(C(F)(F)F)c1. The van der Waals surface area contributed by atoms with Crippen LogP contribution in [-0.2, 0) is 12.6 Å². The van der Waals surface area contributed by atoms with Crippen LogP contribution in [0.15, 0.2) is 35.3 Å². The average molecular weight is 293 g/mol. The van der Waals surface area contributed by atoms with Crippen LogP contribution in [-0.4, -0.2) is 0 Å². The van der Waals surface area contributed by atoms with E-state index in [-0.39, 0.29) is 0 Å². The summed E-state index contributed by atoms with van der Waals surface area (Å²) in [5.41, 5.74) is 0.131. The Morgan fingerprint density at radius 1 is 1.31 bits per heavy atom. The van der Waals surface area contributed by atoms with E-state index in [2.05, 4.69) is 22.5 Å². The number of rotatable bonds is 4. The summed E-state index contributed by atoms with van der Waals surface area (Å²) in [7, 11) is 0. The number of hydrogen-bond donors (Lipinski definition) is 0. The Labute approximate surface area is 101 Å². The summed E-state index contributed by atoms with van der Waals surface area (Å²) in [5.74, 6) is 0. The second-order valence-electron chi connectivity index (χ2n) is 3.57. The Bertz CT molecular complexity index is 369. The lowest BCUT2D eigenvalue weighted by molar-refractivity contribution is -0.137. The van der Waals surface area contributed by atoms with Gasteiger partial charge in [0.2, 0.25) is 0 Å². The van der Waals surface area contributed by atoms with Gasteiger partial charge in [0.15, 0.2) is 0 Å². The molecule has 0 fully saturated rings. The molecule has 0 heterocycles. The van der Waals surface area contributed by atoms with Crippen molar-refractivity contribution in [1.29, 1.82) is 0 Å². The van der Waals surface area contributed by atoms with Crippen LogP contribution in [0.25, 0.3) is 0 Å². The first-order valence-electron chi connectivity index (χ1n) is 4.89. The van der Waals surface area contributed by atoms with E-state index in [0.717, 1.165) is 23.4 Å². The van der Waals surface area contributed by atoms with Gasteiger partial charge in [0, 0.05) is 0 Å². The van der Waals surface area contributed by atoms with E-state index in [1.165, 1.54) is 12.1 Å². The van der Waals surface area contributed by atoms with Crippen molar-refractivity contribution < 1.29 is 13.2 Å². The molecule has 0 spiro atoms. The lowest BCUT2D eigenvalue weighted by Crippen LogP contribution is -2.05. The lowest BCUT2D eigenvalue weighted by Gasteiger charge is -2.08. The lowest BCUT2D eigenvalue weighted by atomic mass is 10.1. The monoisotopic (exact) mass is 292 g/mol. The van der Waals surface area contributed by atoms with Crippen LogP contribution in [0.3, 0.4) is 0 Å². The van der Waals surface area contributed by atoms with Crippen molar-refractivity contribution in [2.45, 2.75) is 25.4 Å². The topological polar surface area (TPSA) is 0 Å². The van der Waals surface area contributed by atoms with E-state index in [4.69, 9.17) is 0 Å². The predicted molar refractivity (Wildman–Crippen MR) is 62.4 cm³/mol. The largest absolute Gasteiger partial charge is 0.416 e. The maximum Gasteiger partial charge on any atom is 0.416 e. The molecule has 0 amide bonds. The van der Waals surface area contributed by atoms with Crippen molar-refractivity contribution in [2.24, 2.45) is 0 Å². The van der Waals surface area contributed by atoms with E-state index >= 15 is 0 Å². The number of benzene rings is 1. The number of allylic oxidation sites excluding steroid dienone is 1. The zero-order valence-electron chi connectivity index (χ0n) is 8.65. The van der Waals surface area contributed by atoms with Crippen LogP contribution in [0.5, 0.6) is 0 Å². The maximum absolute atomic E-state index is 12.4. The summed E-state index contributed by atoms with van der Waals surface area (Å²) in [6.45, 7) is 3.68. The molecule has 1 aromatic rings. The van der Waals surface area contributed by atoms with Gasteiger partial charge in [-0.25, -0.2) is 0 Å². The summed E-state index contributed by atoms with van der Waals surface area (Å²) < 4.78 is 38.1. The van der Waals surface area contributed by atoms with E-state index in [1.54, 1.807) is 6.07 Å². The molecule has 0 aliphatic carbocycles. The van der Waals surface area contributed by atoms with Crippen molar-refractivity contribution in [3.05, 3.63) is 46.5 Å². The first-order chi connectivity index (χ1) is 7.39. The van der Waals surface area contributed by atoms with Gasteiger partial charge in [0.1, 0.15) is 0 Å². The van der Waals surface area contributed by atoms with Crippen molar-refractivity contribution in [3.8, 4) is 0 Å². The number of halogens is 4. The zero-order valence-corrected chi connectivity index (χ0v) is 10.2. The van der Waals surface area contributed by atoms with Crippen LogP contribution < -0.4 is 0 Å². The molecule has 1 aromatic carbocycles. The fourth-order valence-electron chi connectivity index (χ4n) is 1.39. The maximum atomic E-state index is 12.4. The van der Waals surface area contributed by atoms with Crippen LogP contribution in [0.4, 0.5) is 13.2 Å². The third kappa shape index (κ3) is 4.39. The summed E-state index contributed by atoms with van der Waals surface area (Å²) in [6.07, 6.45) is -2.05. The Hall–Kier alpha value is -0.770. The fraction of sp³-hybridized carbons (Fsp3) is 0.333. The molecule has 0 atom stereocenters. The first-order valence-corrected chi connectivity index (χ1v) is 5.68. The molecule has 1 rings (SSSR count). The predicted octanol–water partition coefficient (Wildman–Crippen LogP) is 4.94. The molecule has 0 radical (unpaired) electrons. The van der Waals surface area contributed by atoms with Gasteiger partial charge in [-0.05, 0) is 35.4 Å². The first kappa shape index (κ1) is 13.3. The number of hydrogen-bond acceptors (Lipinski definition) is 0. The van der Waals surface area contributed by atoms with Crippen LogP contribution in [0.2, 0.25) is 0 Å². The molecular formula is C12H12BrF3. The third-order valence-electron chi connectivity index (χ3n) is 2.17. The minimum absolute atomic E-state index is 0.581. The highest BCUT2D eigenvalue weighted by Gasteiger charge is 2.30. The normalized spacial score (nSPS) is 11.5. The second kappa shape index (κ2) is 5.53. The molecule has 16 heavy (non-hydrogen) atoms. The van der Waals surface area contributed by atoms with Crippen LogP contribution >= 0.6 is 15.9 Å². The van der Waals surface area contributed by atoms with Gasteiger partial charge in [0.25, 0.3) is 0 Å². The Morgan fingerprint density at radius 3 is 2.56 bits per heavy atom. The number of alkyl halides is 3. The highest BCUT2D eigenvalue weighted by atomic mass is 79.9. The van der Waals surface area contributed by atoms with E-state index in [1.807, 2.05) is 0 Å². The van der Waals surface area contributed by atoms with Gasteiger partial charge in [-0.2, -0.15) is 13.2 Å². The molecule has 0 unspecified atom stereocenters. The van der Waals surface area contributed by atoms with Crippen LogP contribution in [0.1, 0.15) is 24.0 Å². The summed E-state index contributed by atoms with van der Waals surface area (Å²) >= 11 is 3.22. The molecule has 4 heteroatoms. The molecule has 0 saturated heterocycles. The Balaban J connectivity index is 2.64. The molecule has 0 saturated carbocycles. The quantitative estimate of drug-likeness (QED) is 0.738. The van der Waals surface area contributed by atoms with Crippen molar-refractivity contribution in [3.63, 3.8) is 0 Å². The fourth-order valence-corrected chi connectivity index (χ4v) is 1.67. The van der Waals surface area contributed by atoms with Gasteiger partial charge in [-0.15, -0.1) is 0 Å². The van der Waals surface area contributed by atoms with Crippen molar-refractivity contribution >= 4 is 15.9 Å². The summed E-state index contributed by atoms with van der Waals surface area (Å²) in [4.78, 5) is 0. The van der Waals surface area contributed by atoms with E-state index in [0.29, 0.717) is 12.0 Å². The third-order valence-corrected chi connectivity index (χ3v) is 2.56. The Morgan fingerprint density at radius 2 is 2.00 bits per heavy atom. The molecule has 0 aliphatic rings. The molecule has 0 N–H and O–H groups in total. The molecular weight excluding hydrogens is 281 g/mol. The molecule has 0 bridgehead atoms. The van der Waals surface area contributed by atoms with E-state index in [9.17, 15) is 13.2 Å². The van der Waals surface area contributed by atoms with Gasteiger partial charge in [-0.1, -0.05) is 40.7 Å². The van der Waals surface area contributed by atoms with Crippen molar-refractivity contribution in [2.75, 3.05) is 0 Å². The van der Waals surface area contributed by atoms with Gasteiger partial charge in [0.05, 0.1) is 5.56 Å². The highest BCUT2D eigenvalue weighted by Crippen LogP contribution is 2.29. The molecule has 0 nitrogen and oxygen atoms in total. The smallest absolute Gasteiger partial charge is 0.166 e. The minimum Gasteiger partial charge on any atom is -0.166 e. The molecule has 0 aromatic heterocycles. The van der Waals surface area contributed by atoms with Crippen molar-refractivity contribution in [1.82, 2.24) is 0 Å².